The van der Waals surface area contributed by atoms with E-state index in [0.29, 0.717) is 6.61 Å². The third kappa shape index (κ3) is 3.26. The van der Waals surface area contributed by atoms with Gasteiger partial charge in [0.15, 0.2) is 5.79 Å². The van der Waals surface area contributed by atoms with Crippen molar-refractivity contribution < 1.29 is 22.6 Å². The van der Waals surface area contributed by atoms with Gasteiger partial charge in [0, 0.05) is 13.0 Å². The number of hydrogen-bond acceptors (Lipinski definition) is 3. The Hall–Kier alpha value is -1.11. The van der Waals surface area contributed by atoms with Crippen molar-refractivity contribution in [1.82, 2.24) is 0 Å². The number of rotatable bonds is 3. The van der Waals surface area contributed by atoms with E-state index >= 15 is 0 Å². The molecular formula is C13H16F3NO2. The first-order valence-corrected chi connectivity index (χ1v) is 6.01. The zero-order valence-electron chi connectivity index (χ0n) is 10.5. The van der Waals surface area contributed by atoms with Crippen LogP contribution in [0.2, 0.25) is 0 Å². The molecule has 1 aliphatic heterocycles. The maximum atomic E-state index is 12.9. The predicted octanol–water partition coefficient (Wildman–Crippen LogP) is 2.34. The maximum absolute atomic E-state index is 12.9. The molecule has 0 amide bonds. The normalized spacial score (nSPS) is 27.7. The minimum absolute atomic E-state index is 0.0409. The molecule has 19 heavy (non-hydrogen) atoms. The summed E-state index contributed by atoms with van der Waals surface area (Å²) >= 11 is 0. The predicted molar refractivity (Wildman–Crippen MR) is 63.4 cm³/mol. The lowest BCUT2D eigenvalue weighted by Crippen LogP contribution is -2.32. The Bertz CT molecular complexity index is 450. The molecule has 0 bridgehead atoms. The Morgan fingerprint density at radius 3 is 2.63 bits per heavy atom. The third-order valence-corrected chi connectivity index (χ3v) is 3.09. The first-order chi connectivity index (χ1) is 8.84. The van der Waals surface area contributed by atoms with E-state index in [9.17, 15) is 13.2 Å². The van der Waals surface area contributed by atoms with Gasteiger partial charge in [-0.15, -0.1) is 0 Å². The van der Waals surface area contributed by atoms with Gasteiger partial charge in [0.2, 0.25) is 0 Å². The lowest BCUT2D eigenvalue weighted by atomic mass is 10.00. The molecule has 1 aromatic rings. The second kappa shape index (κ2) is 5.11. The van der Waals surface area contributed by atoms with Gasteiger partial charge in [-0.05, 0) is 18.6 Å². The quantitative estimate of drug-likeness (QED) is 0.921. The Morgan fingerprint density at radius 1 is 1.37 bits per heavy atom. The van der Waals surface area contributed by atoms with Crippen LogP contribution in [0.25, 0.3) is 0 Å². The molecule has 1 heterocycles. The topological polar surface area (TPSA) is 44.5 Å². The molecule has 0 aromatic heterocycles. The molecular weight excluding hydrogens is 259 g/mol. The summed E-state index contributed by atoms with van der Waals surface area (Å²) < 4.78 is 49.7. The highest BCUT2D eigenvalue weighted by atomic mass is 19.4. The first kappa shape index (κ1) is 14.3. The summed E-state index contributed by atoms with van der Waals surface area (Å²) in [4.78, 5) is 0. The largest absolute Gasteiger partial charge is 0.416 e. The number of benzene rings is 1. The number of alkyl halides is 3. The summed E-state index contributed by atoms with van der Waals surface area (Å²) in [5, 5.41) is 0. The number of halogens is 3. The SMILES string of the molecule is CC1(Cc2ccccc2C(F)(F)F)OCC(CN)O1. The van der Waals surface area contributed by atoms with Crippen molar-refractivity contribution in [1.29, 1.82) is 0 Å². The van der Waals surface area contributed by atoms with Crippen molar-refractivity contribution in [3.63, 3.8) is 0 Å². The fourth-order valence-corrected chi connectivity index (χ4v) is 2.20. The van der Waals surface area contributed by atoms with Gasteiger partial charge in [-0.1, -0.05) is 18.2 Å². The van der Waals surface area contributed by atoms with Gasteiger partial charge in [0.05, 0.1) is 18.3 Å². The van der Waals surface area contributed by atoms with E-state index in [1.54, 1.807) is 13.0 Å². The molecule has 1 aromatic carbocycles. The Labute approximate surface area is 109 Å². The molecule has 3 nitrogen and oxygen atoms in total. The van der Waals surface area contributed by atoms with Crippen LogP contribution in [0.1, 0.15) is 18.1 Å². The summed E-state index contributed by atoms with van der Waals surface area (Å²) in [6, 6.07) is 5.45. The van der Waals surface area contributed by atoms with Crippen LogP contribution < -0.4 is 5.73 Å². The van der Waals surface area contributed by atoms with Crippen LogP contribution in [0.15, 0.2) is 24.3 Å². The molecule has 1 aliphatic rings. The number of hydrogen-bond donors (Lipinski definition) is 1. The Balaban J connectivity index is 2.20. The van der Waals surface area contributed by atoms with Crippen LogP contribution in [0.5, 0.6) is 0 Å². The molecule has 6 heteroatoms. The zero-order valence-corrected chi connectivity index (χ0v) is 10.5. The lowest BCUT2D eigenvalue weighted by molar-refractivity contribution is -0.155. The molecule has 0 aliphatic carbocycles. The fraction of sp³-hybridized carbons (Fsp3) is 0.538. The standard InChI is InChI=1S/C13H16F3NO2/c1-12(18-8-10(7-17)19-12)6-9-4-2-3-5-11(9)13(14,15)16/h2-5,10H,6-8,17H2,1H3. The molecule has 2 atom stereocenters. The van der Waals surface area contributed by atoms with Crippen LogP contribution in [0.4, 0.5) is 13.2 Å². The molecule has 2 N–H and O–H groups in total. The van der Waals surface area contributed by atoms with E-state index < -0.39 is 17.5 Å². The molecule has 0 saturated carbocycles. The van der Waals surface area contributed by atoms with Gasteiger partial charge >= 0.3 is 6.18 Å². The van der Waals surface area contributed by atoms with E-state index in [4.69, 9.17) is 15.2 Å². The highest BCUT2D eigenvalue weighted by Crippen LogP contribution is 2.35. The fourth-order valence-electron chi connectivity index (χ4n) is 2.20. The second-order valence-electron chi connectivity index (χ2n) is 4.75. The molecule has 106 valence electrons. The third-order valence-electron chi connectivity index (χ3n) is 3.09. The van der Waals surface area contributed by atoms with Crippen molar-refractivity contribution in [3.8, 4) is 0 Å². The van der Waals surface area contributed by atoms with Gasteiger partial charge in [-0.25, -0.2) is 0 Å². The molecule has 2 rings (SSSR count). The van der Waals surface area contributed by atoms with Gasteiger partial charge in [-0.2, -0.15) is 13.2 Å². The van der Waals surface area contributed by atoms with Gasteiger partial charge in [-0.3, -0.25) is 0 Å². The van der Waals surface area contributed by atoms with E-state index in [1.165, 1.54) is 12.1 Å². The second-order valence-corrected chi connectivity index (χ2v) is 4.75. The minimum atomic E-state index is -4.38. The summed E-state index contributed by atoms with van der Waals surface area (Å²) in [6.07, 6.45) is -4.60. The molecule has 2 unspecified atom stereocenters. The Morgan fingerprint density at radius 2 is 2.05 bits per heavy atom. The van der Waals surface area contributed by atoms with Crippen molar-refractivity contribution in [2.75, 3.05) is 13.2 Å². The van der Waals surface area contributed by atoms with E-state index in [0.717, 1.165) is 6.07 Å². The van der Waals surface area contributed by atoms with Crippen LogP contribution in [-0.2, 0) is 22.1 Å². The highest BCUT2D eigenvalue weighted by Gasteiger charge is 2.40. The number of ether oxygens (including phenoxy) is 2. The lowest BCUT2D eigenvalue weighted by Gasteiger charge is -2.25. The van der Waals surface area contributed by atoms with Gasteiger partial charge in [0.1, 0.15) is 0 Å². The number of nitrogens with two attached hydrogens (primary N) is 1. The average Bonchev–Trinajstić information content (AvgIpc) is 2.70. The van der Waals surface area contributed by atoms with E-state index in [1.807, 2.05) is 0 Å². The summed E-state index contributed by atoms with van der Waals surface area (Å²) in [5.41, 5.74) is 4.97. The molecule has 0 spiro atoms. The minimum Gasteiger partial charge on any atom is -0.347 e. The van der Waals surface area contributed by atoms with Crippen molar-refractivity contribution in [2.24, 2.45) is 5.73 Å². The molecule has 0 radical (unpaired) electrons. The van der Waals surface area contributed by atoms with Crippen LogP contribution in [0.3, 0.4) is 0 Å². The monoisotopic (exact) mass is 275 g/mol. The first-order valence-electron chi connectivity index (χ1n) is 6.01. The smallest absolute Gasteiger partial charge is 0.347 e. The molecule has 1 saturated heterocycles. The Kier molecular flexibility index (Phi) is 3.85. The highest BCUT2D eigenvalue weighted by molar-refractivity contribution is 5.30. The van der Waals surface area contributed by atoms with Crippen molar-refractivity contribution in [3.05, 3.63) is 35.4 Å². The van der Waals surface area contributed by atoms with E-state index in [2.05, 4.69) is 0 Å². The van der Waals surface area contributed by atoms with E-state index in [-0.39, 0.29) is 24.6 Å². The average molecular weight is 275 g/mol. The van der Waals surface area contributed by atoms with Crippen LogP contribution >= 0.6 is 0 Å². The van der Waals surface area contributed by atoms with Crippen molar-refractivity contribution in [2.45, 2.75) is 31.4 Å². The van der Waals surface area contributed by atoms with Gasteiger partial charge < -0.3 is 15.2 Å². The van der Waals surface area contributed by atoms with Crippen molar-refractivity contribution >= 4 is 0 Å². The zero-order chi connectivity index (χ0) is 14.1. The summed E-state index contributed by atoms with van der Waals surface area (Å²) in [6.45, 7) is 2.23. The van der Waals surface area contributed by atoms with Crippen LogP contribution in [-0.4, -0.2) is 25.0 Å². The molecule has 1 fully saturated rings. The maximum Gasteiger partial charge on any atom is 0.416 e. The van der Waals surface area contributed by atoms with Crippen LogP contribution in [0, 0.1) is 0 Å². The summed E-state index contributed by atoms with van der Waals surface area (Å²) in [5.74, 6) is -1.05. The summed E-state index contributed by atoms with van der Waals surface area (Å²) in [7, 11) is 0. The van der Waals surface area contributed by atoms with Gasteiger partial charge in [0.25, 0.3) is 0 Å².